The number of halogens is 2. The second-order valence-corrected chi connectivity index (χ2v) is 9.05. The van der Waals surface area contributed by atoms with Crippen molar-refractivity contribution < 1.29 is 14.3 Å². The van der Waals surface area contributed by atoms with Crippen molar-refractivity contribution in [1.29, 1.82) is 5.26 Å². The smallest absolute Gasteiger partial charge is 0.409 e. The second-order valence-electron chi connectivity index (χ2n) is 8.23. The zero-order chi connectivity index (χ0) is 27.4. The van der Waals surface area contributed by atoms with Gasteiger partial charge in [-0.15, -0.1) is 10.2 Å². The van der Waals surface area contributed by atoms with Gasteiger partial charge in [0.2, 0.25) is 11.6 Å². The number of nitriles is 1. The van der Waals surface area contributed by atoms with Crippen molar-refractivity contribution in [3.63, 3.8) is 0 Å². The van der Waals surface area contributed by atoms with Gasteiger partial charge in [0, 0.05) is 17.7 Å². The van der Waals surface area contributed by atoms with Gasteiger partial charge in [-0.3, -0.25) is 9.59 Å². The Hall–Kier alpha value is -4.15. The van der Waals surface area contributed by atoms with Crippen LogP contribution >= 0.6 is 23.2 Å². The standard InChI is InChI=1S/C22H21Cl2N7O6/c1-10(2)13-7-17(27-28-19(13)32)37-18-14(23)5-12(6-15(18)24)31-22(35)30(20(33)16(8-25)29-31)9-36-21(34)26-11(3)4/h5-7,10-11H,9H2,1-4H3,(H,26,34)(H,28,32). The first-order chi connectivity index (χ1) is 17.4. The molecule has 0 atom stereocenters. The first-order valence-corrected chi connectivity index (χ1v) is 11.5. The number of hydrogen-bond donors (Lipinski definition) is 2. The van der Waals surface area contributed by atoms with Crippen LogP contribution in [0.15, 0.2) is 32.6 Å². The fraction of sp³-hybridized carbons (Fsp3) is 0.318. The van der Waals surface area contributed by atoms with Gasteiger partial charge >= 0.3 is 11.8 Å². The molecule has 2 aromatic heterocycles. The number of nitrogens with zero attached hydrogens (tertiary/aromatic N) is 5. The topological polar surface area (TPSA) is 174 Å². The summed E-state index contributed by atoms with van der Waals surface area (Å²) < 4.78 is 11.8. The summed E-state index contributed by atoms with van der Waals surface area (Å²) >= 11 is 12.7. The van der Waals surface area contributed by atoms with E-state index in [1.165, 1.54) is 18.2 Å². The fourth-order valence-corrected chi connectivity index (χ4v) is 3.57. The Morgan fingerprint density at radius 1 is 1.16 bits per heavy atom. The predicted molar refractivity (Wildman–Crippen MR) is 133 cm³/mol. The van der Waals surface area contributed by atoms with Gasteiger partial charge in [0.1, 0.15) is 6.07 Å². The van der Waals surface area contributed by atoms with Crippen LogP contribution in [0, 0.1) is 11.3 Å². The van der Waals surface area contributed by atoms with Crippen LogP contribution in [0.1, 0.15) is 44.9 Å². The van der Waals surface area contributed by atoms with Gasteiger partial charge in [-0.25, -0.2) is 19.3 Å². The number of H-pyrrole nitrogens is 1. The summed E-state index contributed by atoms with van der Waals surface area (Å²) in [6.07, 6.45) is -0.868. The number of alkyl carbamates (subject to hydrolysis) is 1. The lowest BCUT2D eigenvalue weighted by atomic mass is 10.1. The van der Waals surface area contributed by atoms with Crippen molar-refractivity contribution in [2.45, 2.75) is 46.4 Å². The van der Waals surface area contributed by atoms with Gasteiger partial charge in [0.25, 0.3) is 11.1 Å². The minimum Gasteiger partial charge on any atom is -0.434 e. The van der Waals surface area contributed by atoms with Gasteiger partial charge < -0.3 is 14.8 Å². The zero-order valence-electron chi connectivity index (χ0n) is 20.0. The van der Waals surface area contributed by atoms with Crippen LogP contribution in [-0.2, 0) is 11.5 Å². The van der Waals surface area contributed by atoms with E-state index in [0.717, 1.165) is 0 Å². The molecule has 0 saturated carbocycles. The number of benzene rings is 1. The van der Waals surface area contributed by atoms with E-state index in [0.29, 0.717) is 14.8 Å². The number of carbonyl (C=O) groups excluding carboxylic acids is 1. The van der Waals surface area contributed by atoms with E-state index in [-0.39, 0.29) is 44.9 Å². The van der Waals surface area contributed by atoms with E-state index in [9.17, 15) is 24.4 Å². The highest BCUT2D eigenvalue weighted by Crippen LogP contribution is 2.37. The van der Waals surface area contributed by atoms with Crippen molar-refractivity contribution in [3.05, 3.63) is 70.7 Å². The summed E-state index contributed by atoms with van der Waals surface area (Å²) in [5.74, 6) is -0.116. The Bertz CT molecular complexity index is 1550. The lowest BCUT2D eigenvalue weighted by Crippen LogP contribution is -2.44. The van der Waals surface area contributed by atoms with Crippen molar-refractivity contribution in [1.82, 2.24) is 29.9 Å². The molecule has 0 fully saturated rings. The van der Waals surface area contributed by atoms with Crippen molar-refractivity contribution in [2.24, 2.45) is 0 Å². The molecule has 2 N–H and O–H groups in total. The highest BCUT2D eigenvalue weighted by Gasteiger charge is 2.19. The first kappa shape index (κ1) is 27.4. The lowest BCUT2D eigenvalue weighted by molar-refractivity contribution is 0.107. The molecule has 0 aliphatic rings. The van der Waals surface area contributed by atoms with Crippen molar-refractivity contribution in [3.8, 4) is 23.4 Å². The normalized spacial score (nSPS) is 10.9. The van der Waals surface area contributed by atoms with Crippen molar-refractivity contribution >= 4 is 29.3 Å². The lowest BCUT2D eigenvalue weighted by Gasteiger charge is -2.14. The molecule has 0 bridgehead atoms. The van der Waals surface area contributed by atoms with Crippen LogP contribution in [0.2, 0.25) is 10.0 Å². The highest BCUT2D eigenvalue weighted by molar-refractivity contribution is 6.37. The largest absolute Gasteiger partial charge is 0.434 e. The highest BCUT2D eigenvalue weighted by atomic mass is 35.5. The summed E-state index contributed by atoms with van der Waals surface area (Å²) in [6, 6.07) is 5.31. The molecule has 0 aliphatic heterocycles. The second kappa shape index (κ2) is 11.3. The molecule has 3 aromatic rings. The van der Waals surface area contributed by atoms with Gasteiger partial charge in [-0.1, -0.05) is 37.0 Å². The maximum absolute atomic E-state index is 13.0. The van der Waals surface area contributed by atoms with Crippen LogP contribution < -0.4 is 26.9 Å². The van der Waals surface area contributed by atoms with Gasteiger partial charge in [0.15, 0.2) is 12.5 Å². The molecule has 37 heavy (non-hydrogen) atoms. The summed E-state index contributed by atoms with van der Waals surface area (Å²) in [7, 11) is 0. The Labute approximate surface area is 219 Å². The Morgan fingerprint density at radius 3 is 2.38 bits per heavy atom. The van der Waals surface area contributed by atoms with Crippen LogP contribution in [0.3, 0.4) is 0 Å². The molecular weight excluding hydrogens is 529 g/mol. The molecule has 1 aromatic carbocycles. The third kappa shape index (κ3) is 6.16. The number of rotatable bonds is 7. The van der Waals surface area contributed by atoms with Crippen LogP contribution in [0.25, 0.3) is 5.69 Å². The van der Waals surface area contributed by atoms with Gasteiger partial charge in [0.05, 0.1) is 15.7 Å². The average molecular weight is 550 g/mol. The number of hydrogen-bond acceptors (Lipinski definition) is 9. The van der Waals surface area contributed by atoms with E-state index in [2.05, 4.69) is 20.6 Å². The van der Waals surface area contributed by atoms with E-state index in [4.69, 9.17) is 32.7 Å². The Balaban J connectivity index is 2.02. The quantitative estimate of drug-likeness (QED) is 0.448. The Kier molecular flexibility index (Phi) is 8.36. The van der Waals surface area contributed by atoms with Crippen LogP contribution in [0.4, 0.5) is 4.79 Å². The van der Waals surface area contributed by atoms with E-state index >= 15 is 0 Å². The minimum atomic E-state index is -1.05. The predicted octanol–water partition coefficient (Wildman–Crippen LogP) is 2.66. The molecular formula is C22H21Cl2N7O6. The monoisotopic (exact) mass is 549 g/mol. The van der Waals surface area contributed by atoms with E-state index < -0.39 is 29.8 Å². The molecule has 0 saturated heterocycles. The van der Waals surface area contributed by atoms with Crippen molar-refractivity contribution in [2.75, 3.05) is 0 Å². The third-order valence-electron chi connectivity index (χ3n) is 4.76. The SMILES string of the molecule is CC(C)NC(=O)OCn1c(=O)c(C#N)nn(-c2cc(Cl)c(Oc3cc(C(C)C)c(=O)[nH]n3)c(Cl)c2)c1=O. The summed E-state index contributed by atoms with van der Waals surface area (Å²) in [6.45, 7) is 6.26. The number of aromatic amines is 1. The summed E-state index contributed by atoms with van der Waals surface area (Å²) in [5, 5.41) is 21.6. The van der Waals surface area contributed by atoms with E-state index in [1.807, 2.05) is 13.8 Å². The van der Waals surface area contributed by atoms with Crippen LogP contribution in [0.5, 0.6) is 11.6 Å². The maximum Gasteiger partial charge on any atom is 0.409 e. The average Bonchev–Trinajstić information content (AvgIpc) is 2.81. The first-order valence-electron chi connectivity index (χ1n) is 10.8. The number of amides is 1. The number of aromatic nitrogens is 5. The molecule has 194 valence electrons. The molecule has 2 heterocycles. The molecule has 13 nitrogen and oxygen atoms in total. The van der Waals surface area contributed by atoms with Gasteiger partial charge in [-0.05, 0) is 31.9 Å². The maximum atomic E-state index is 13.0. The third-order valence-corrected chi connectivity index (χ3v) is 5.32. The molecule has 15 heteroatoms. The number of nitrogens with one attached hydrogen (secondary N) is 2. The molecule has 1 amide bonds. The minimum absolute atomic E-state index is 0.0125. The van der Waals surface area contributed by atoms with Crippen LogP contribution in [-0.4, -0.2) is 36.7 Å². The van der Waals surface area contributed by atoms with E-state index in [1.54, 1.807) is 19.9 Å². The summed E-state index contributed by atoms with van der Waals surface area (Å²) in [4.78, 5) is 49.2. The zero-order valence-corrected chi connectivity index (χ0v) is 21.5. The molecule has 0 spiro atoms. The molecule has 0 aliphatic carbocycles. The number of ether oxygens (including phenoxy) is 2. The summed E-state index contributed by atoms with van der Waals surface area (Å²) in [5.41, 5.74) is -2.66. The molecule has 0 radical (unpaired) electrons. The molecule has 0 unspecified atom stereocenters. The fourth-order valence-electron chi connectivity index (χ4n) is 3.02. The molecule has 3 rings (SSSR count). The van der Waals surface area contributed by atoms with Gasteiger partial charge in [-0.2, -0.15) is 9.94 Å². The Morgan fingerprint density at radius 2 is 1.81 bits per heavy atom. The number of carbonyl (C=O) groups is 1.